The maximum atomic E-state index is 12.1. The molecule has 0 aliphatic heterocycles. The van der Waals surface area contributed by atoms with E-state index < -0.39 is 0 Å². The van der Waals surface area contributed by atoms with Crippen LogP contribution in [0.4, 0.5) is 5.69 Å². The van der Waals surface area contributed by atoms with E-state index in [1.165, 1.54) is 11.1 Å². The summed E-state index contributed by atoms with van der Waals surface area (Å²) in [5, 5.41) is 8.95. The summed E-state index contributed by atoms with van der Waals surface area (Å²) in [5.41, 5.74) is 3.33. The monoisotopic (exact) mass is 254 g/mol. The zero-order valence-electron chi connectivity index (χ0n) is 10.3. The number of aromatic nitrogens is 1. The molecule has 1 amide bonds. The van der Waals surface area contributed by atoms with Crippen LogP contribution in [-0.4, -0.2) is 54.3 Å². The van der Waals surface area contributed by atoms with E-state index in [2.05, 4.69) is 10.4 Å². The minimum Gasteiger partial charge on any atom is -0.395 e. The summed E-state index contributed by atoms with van der Waals surface area (Å²) < 4.78 is 4.92. The van der Waals surface area contributed by atoms with Gasteiger partial charge in [-0.2, -0.15) is 0 Å². The Balaban J connectivity index is 2.79. The molecule has 7 nitrogen and oxygen atoms in total. The van der Waals surface area contributed by atoms with Crippen LogP contribution in [0.2, 0.25) is 0 Å². The number of nitrogens with zero attached hydrogens (tertiary/aromatic N) is 2. The van der Waals surface area contributed by atoms with Crippen molar-refractivity contribution in [2.45, 2.75) is 0 Å². The van der Waals surface area contributed by atoms with E-state index in [-0.39, 0.29) is 24.8 Å². The van der Waals surface area contributed by atoms with Gasteiger partial charge in [-0.15, -0.1) is 0 Å². The first-order chi connectivity index (χ1) is 8.72. The molecule has 0 aliphatic rings. The summed E-state index contributed by atoms with van der Waals surface area (Å²) in [4.78, 5) is 17.6. The second kappa shape index (κ2) is 7.59. The molecule has 1 aromatic rings. The van der Waals surface area contributed by atoms with Crippen molar-refractivity contribution in [1.29, 1.82) is 0 Å². The number of aliphatic hydroxyl groups excluding tert-OH is 1. The first kappa shape index (κ1) is 14.4. The number of nitrogen functional groups attached to an aromatic ring is 1. The predicted octanol–water partition coefficient (Wildman–Crippen LogP) is -0.552. The fourth-order valence-corrected chi connectivity index (χ4v) is 1.44. The third-order valence-corrected chi connectivity index (χ3v) is 2.37. The van der Waals surface area contributed by atoms with Gasteiger partial charge in [0.2, 0.25) is 0 Å². The molecule has 0 bridgehead atoms. The highest BCUT2D eigenvalue weighted by molar-refractivity contribution is 5.93. The van der Waals surface area contributed by atoms with E-state index >= 15 is 0 Å². The molecule has 0 unspecified atom stereocenters. The van der Waals surface area contributed by atoms with E-state index in [1.54, 1.807) is 19.2 Å². The maximum Gasteiger partial charge on any atom is 0.272 e. The lowest BCUT2D eigenvalue weighted by molar-refractivity contribution is 0.0651. The molecule has 18 heavy (non-hydrogen) atoms. The van der Waals surface area contributed by atoms with Crippen LogP contribution in [0.15, 0.2) is 18.3 Å². The number of hydrogen-bond donors (Lipinski definition) is 3. The topological polar surface area (TPSA) is 101 Å². The van der Waals surface area contributed by atoms with Gasteiger partial charge >= 0.3 is 0 Å². The van der Waals surface area contributed by atoms with E-state index in [4.69, 9.17) is 15.7 Å². The van der Waals surface area contributed by atoms with Crippen molar-refractivity contribution in [3.63, 3.8) is 0 Å². The predicted molar refractivity (Wildman–Crippen MR) is 66.9 cm³/mol. The quantitative estimate of drug-likeness (QED) is 0.446. The Labute approximate surface area is 106 Å². The zero-order valence-corrected chi connectivity index (χ0v) is 10.3. The maximum absolute atomic E-state index is 12.1. The Morgan fingerprint density at radius 2 is 2.39 bits per heavy atom. The smallest absolute Gasteiger partial charge is 0.272 e. The fraction of sp³-hybridized carbons (Fsp3) is 0.455. The van der Waals surface area contributed by atoms with Crippen LogP contribution in [0, 0.1) is 0 Å². The second-order valence-electron chi connectivity index (χ2n) is 3.58. The molecule has 0 atom stereocenters. The Bertz CT molecular complexity index is 386. The Morgan fingerprint density at radius 1 is 1.61 bits per heavy atom. The van der Waals surface area contributed by atoms with Gasteiger partial charge in [-0.25, -0.2) is 0 Å². The van der Waals surface area contributed by atoms with Crippen LogP contribution in [0.25, 0.3) is 0 Å². The van der Waals surface area contributed by atoms with Crippen molar-refractivity contribution in [3.05, 3.63) is 24.0 Å². The Morgan fingerprint density at radius 3 is 3.00 bits per heavy atom. The molecule has 0 aromatic carbocycles. The third-order valence-electron chi connectivity index (χ3n) is 2.37. The van der Waals surface area contributed by atoms with E-state index in [9.17, 15) is 4.79 Å². The van der Waals surface area contributed by atoms with Gasteiger partial charge in [-0.3, -0.25) is 15.6 Å². The normalized spacial score (nSPS) is 10.2. The summed E-state index contributed by atoms with van der Waals surface area (Å²) in [6.07, 6.45) is 1.50. The summed E-state index contributed by atoms with van der Waals surface area (Å²) in [6, 6.07) is 3.21. The summed E-state index contributed by atoms with van der Waals surface area (Å²) >= 11 is 0. The van der Waals surface area contributed by atoms with Crippen molar-refractivity contribution in [2.75, 3.05) is 38.8 Å². The Kier molecular flexibility index (Phi) is 6.06. The van der Waals surface area contributed by atoms with Crippen LogP contribution in [-0.2, 0) is 4.74 Å². The minimum absolute atomic E-state index is 0.107. The molecule has 0 spiro atoms. The van der Waals surface area contributed by atoms with E-state index in [0.29, 0.717) is 18.8 Å². The van der Waals surface area contributed by atoms with Crippen molar-refractivity contribution >= 4 is 11.6 Å². The average molecular weight is 254 g/mol. The van der Waals surface area contributed by atoms with Crippen LogP contribution >= 0.6 is 0 Å². The number of carbonyl (C=O) groups excluding carboxylic acids is 1. The van der Waals surface area contributed by atoms with Crippen molar-refractivity contribution in [3.8, 4) is 0 Å². The Hall–Kier alpha value is -1.70. The van der Waals surface area contributed by atoms with Crippen LogP contribution in [0.5, 0.6) is 0 Å². The van der Waals surface area contributed by atoms with E-state index in [0.717, 1.165) is 0 Å². The SMILES string of the molecule is COCCN(CCO)C(=O)c1cc(NN)ccn1. The molecular weight excluding hydrogens is 236 g/mol. The van der Waals surface area contributed by atoms with Gasteiger partial charge in [0.25, 0.3) is 5.91 Å². The second-order valence-corrected chi connectivity index (χ2v) is 3.58. The molecule has 0 saturated heterocycles. The molecule has 0 radical (unpaired) electrons. The number of hydrogen-bond acceptors (Lipinski definition) is 6. The largest absolute Gasteiger partial charge is 0.395 e. The van der Waals surface area contributed by atoms with Gasteiger partial charge in [0.15, 0.2) is 0 Å². The highest BCUT2D eigenvalue weighted by atomic mass is 16.5. The number of nitrogens with two attached hydrogens (primary N) is 1. The van der Waals surface area contributed by atoms with Gasteiger partial charge in [0.05, 0.1) is 18.9 Å². The molecule has 100 valence electrons. The number of nitrogens with one attached hydrogen (secondary N) is 1. The number of pyridine rings is 1. The number of hydrazine groups is 1. The molecule has 0 fully saturated rings. The number of anilines is 1. The molecular formula is C11H18N4O3. The molecule has 0 saturated carbocycles. The first-order valence-electron chi connectivity index (χ1n) is 5.54. The van der Waals surface area contributed by atoms with Crippen molar-refractivity contribution < 1.29 is 14.6 Å². The highest BCUT2D eigenvalue weighted by Gasteiger charge is 2.16. The van der Waals surface area contributed by atoms with Crippen LogP contribution in [0.1, 0.15) is 10.5 Å². The highest BCUT2D eigenvalue weighted by Crippen LogP contribution is 2.08. The first-order valence-corrected chi connectivity index (χ1v) is 5.54. The minimum atomic E-state index is -0.266. The van der Waals surface area contributed by atoms with Crippen molar-refractivity contribution in [1.82, 2.24) is 9.88 Å². The average Bonchev–Trinajstić information content (AvgIpc) is 2.42. The number of rotatable bonds is 7. The molecule has 1 aromatic heterocycles. The summed E-state index contributed by atoms with van der Waals surface area (Å²) in [6.45, 7) is 0.937. The lowest BCUT2D eigenvalue weighted by atomic mass is 10.3. The summed E-state index contributed by atoms with van der Waals surface area (Å²) in [5.74, 6) is 5.01. The van der Waals surface area contributed by atoms with Crippen LogP contribution < -0.4 is 11.3 Å². The van der Waals surface area contributed by atoms with Crippen molar-refractivity contribution in [2.24, 2.45) is 5.84 Å². The standard InChI is InChI=1S/C11H18N4O3/c1-18-7-5-15(4-6-16)11(17)10-8-9(14-12)2-3-13-10/h2-3,8,16H,4-7,12H2,1H3,(H,13,14). The van der Waals surface area contributed by atoms with Crippen LogP contribution in [0.3, 0.4) is 0 Å². The summed E-state index contributed by atoms with van der Waals surface area (Å²) in [7, 11) is 1.55. The third kappa shape index (κ3) is 3.95. The van der Waals surface area contributed by atoms with Gasteiger partial charge < -0.3 is 20.2 Å². The fourth-order valence-electron chi connectivity index (χ4n) is 1.44. The number of methoxy groups -OCH3 is 1. The molecule has 0 aliphatic carbocycles. The van der Waals surface area contributed by atoms with Gasteiger partial charge in [-0.05, 0) is 12.1 Å². The zero-order chi connectivity index (χ0) is 13.4. The molecule has 7 heteroatoms. The molecule has 1 rings (SSSR count). The number of carbonyl (C=O) groups is 1. The number of amides is 1. The lowest BCUT2D eigenvalue weighted by Crippen LogP contribution is -2.36. The molecule has 1 heterocycles. The number of aliphatic hydroxyl groups is 1. The molecule has 4 N–H and O–H groups in total. The van der Waals surface area contributed by atoms with Gasteiger partial charge in [-0.1, -0.05) is 0 Å². The van der Waals surface area contributed by atoms with Gasteiger partial charge in [0, 0.05) is 26.4 Å². The van der Waals surface area contributed by atoms with E-state index in [1.807, 2.05) is 0 Å². The number of ether oxygens (including phenoxy) is 1. The van der Waals surface area contributed by atoms with Gasteiger partial charge in [0.1, 0.15) is 5.69 Å². The lowest BCUT2D eigenvalue weighted by Gasteiger charge is -2.21.